The molecule has 0 atom stereocenters. The molecule has 0 saturated heterocycles. The quantitative estimate of drug-likeness (QED) is 0.303. The van der Waals surface area contributed by atoms with Gasteiger partial charge in [0.15, 0.2) is 0 Å². The second-order valence-corrected chi connectivity index (χ2v) is 3.89. The van der Waals surface area contributed by atoms with Gasteiger partial charge in [-0.2, -0.15) is 0 Å². The number of aliphatic hydroxyl groups is 2. The van der Waals surface area contributed by atoms with Crippen LogP contribution in [-0.2, 0) is 4.79 Å². The van der Waals surface area contributed by atoms with Crippen LogP contribution in [0.15, 0.2) is 12.7 Å². The molecule has 3 N–H and O–H groups in total. The highest BCUT2D eigenvalue weighted by Gasteiger charge is 2.03. The first-order chi connectivity index (χ1) is 7.66. The minimum atomic E-state index is -1.73. The maximum atomic E-state index is 11.0. The highest BCUT2D eigenvalue weighted by Crippen LogP contribution is 2.08. The summed E-state index contributed by atoms with van der Waals surface area (Å²) in [6.45, 7) is 3.67. The first-order valence-electron chi connectivity index (χ1n) is 5.93. The van der Waals surface area contributed by atoms with Gasteiger partial charge in [0.1, 0.15) is 0 Å². The van der Waals surface area contributed by atoms with Crippen molar-refractivity contribution in [3.05, 3.63) is 12.7 Å². The van der Waals surface area contributed by atoms with Gasteiger partial charge in [-0.25, -0.2) is 0 Å². The van der Waals surface area contributed by atoms with Crippen LogP contribution in [0.3, 0.4) is 0 Å². The number of hydrogen-bond acceptors (Lipinski definition) is 3. The molecule has 0 heterocycles. The van der Waals surface area contributed by atoms with Crippen LogP contribution in [-0.4, -0.2) is 22.5 Å². The molecule has 4 nitrogen and oxygen atoms in total. The monoisotopic (exact) mass is 229 g/mol. The van der Waals surface area contributed by atoms with Crippen molar-refractivity contribution < 1.29 is 15.0 Å². The van der Waals surface area contributed by atoms with Gasteiger partial charge >= 0.3 is 0 Å². The van der Waals surface area contributed by atoms with Crippen molar-refractivity contribution in [3.63, 3.8) is 0 Å². The largest absolute Gasteiger partial charge is 0.351 e. The average Bonchev–Trinajstić information content (AvgIpc) is 2.21. The third-order valence-corrected chi connectivity index (χ3v) is 2.35. The van der Waals surface area contributed by atoms with Crippen molar-refractivity contribution in [2.45, 2.75) is 57.8 Å². The lowest BCUT2D eigenvalue weighted by atomic mass is 10.1. The molecule has 0 aliphatic carbocycles. The van der Waals surface area contributed by atoms with E-state index in [1.54, 1.807) is 0 Å². The SMILES string of the molecule is C=CCCCCCCCCC(=O)NC(O)O. The standard InChI is InChI=1S/C12H23NO3/c1-2-3-4-5-6-7-8-9-10-11(14)13-12(15)16/h2,12,15-16H,1,3-10H2,(H,13,14). The molecule has 0 aromatic heterocycles. The molecule has 0 rings (SSSR count). The summed E-state index contributed by atoms with van der Waals surface area (Å²) in [6, 6.07) is 0. The normalized spacial score (nSPS) is 10.4. The number of hydrogen-bond donors (Lipinski definition) is 3. The van der Waals surface area contributed by atoms with E-state index in [9.17, 15) is 4.79 Å². The van der Waals surface area contributed by atoms with Gasteiger partial charge in [0.25, 0.3) is 0 Å². The Bertz CT molecular complexity index is 193. The predicted octanol–water partition coefficient (Wildman–Crippen LogP) is 1.68. The van der Waals surface area contributed by atoms with Gasteiger partial charge in [0.2, 0.25) is 12.3 Å². The molecule has 1 amide bonds. The third-order valence-electron chi connectivity index (χ3n) is 2.35. The second kappa shape index (κ2) is 10.6. The summed E-state index contributed by atoms with van der Waals surface area (Å²) >= 11 is 0. The Kier molecular flexibility index (Phi) is 10.1. The molecule has 0 spiro atoms. The Morgan fingerprint density at radius 2 is 1.69 bits per heavy atom. The summed E-state index contributed by atoms with van der Waals surface area (Å²) < 4.78 is 0. The van der Waals surface area contributed by atoms with Crippen molar-refractivity contribution >= 4 is 5.91 Å². The van der Waals surface area contributed by atoms with Crippen LogP contribution in [0.5, 0.6) is 0 Å². The fourth-order valence-corrected chi connectivity index (χ4v) is 1.50. The van der Waals surface area contributed by atoms with E-state index >= 15 is 0 Å². The lowest BCUT2D eigenvalue weighted by molar-refractivity contribution is -0.134. The highest BCUT2D eigenvalue weighted by molar-refractivity contribution is 5.75. The Morgan fingerprint density at radius 1 is 1.12 bits per heavy atom. The van der Waals surface area contributed by atoms with Crippen LogP contribution in [0.25, 0.3) is 0 Å². The Hall–Kier alpha value is -0.870. The summed E-state index contributed by atoms with van der Waals surface area (Å²) in [7, 11) is 0. The van der Waals surface area contributed by atoms with E-state index in [1.165, 1.54) is 19.3 Å². The van der Waals surface area contributed by atoms with Gasteiger partial charge in [-0.1, -0.05) is 31.8 Å². The molecule has 0 unspecified atom stereocenters. The molecule has 94 valence electrons. The van der Waals surface area contributed by atoms with E-state index in [0.29, 0.717) is 6.42 Å². The predicted molar refractivity (Wildman–Crippen MR) is 63.5 cm³/mol. The van der Waals surface area contributed by atoms with Crippen LogP contribution in [0.2, 0.25) is 0 Å². The molecule has 0 radical (unpaired) electrons. The van der Waals surface area contributed by atoms with Crippen LogP contribution < -0.4 is 5.32 Å². The molecule has 16 heavy (non-hydrogen) atoms. The molecular weight excluding hydrogens is 206 g/mol. The number of unbranched alkanes of at least 4 members (excludes halogenated alkanes) is 6. The second-order valence-electron chi connectivity index (χ2n) is 3.89. The van der Waals surface area contributed by atoms with Gasteiger partial charge in [0.05, 0.1) is 0 Å². The Balaban J connectivity index is 3.14. The first kappa shape index (κ1) is 15.1. The molecule has 0 fully saturated rings. The Labute approximate surface area is 97.4 Å². The lowest BCUT2D eigenvalue weighted by Gasteiger charge is -2.06. The maximum Gasteiger partial charge on any atom is 0.235 e. The molecule has 0 bridgehead atoms. The number of amides is 1. The number of aliphatic hydroxyl groups excluding tert-OH is 1. The van der Waals surface area contributed by atoms with Gasteiger partial charge < -0.3 is 15.5 Å². The topological polar surface area (TPSA) is 69.6 Å². The summed E-state index contributed by atoms with van der Waals surface area (Å²) in [6.07, 6.45) is 8.21. The highest BCUT2D eigenvalue weighted by atomic mass is 16.5. The van der Waals surface area contributed by atoms with Crippen molar-refractivity contribution in [1.29, 1.82) is 0 Å². The molecule has 0 saturated carbocycles. The lowest BCUT2D eigenvalue weighted by Crippen LogP contribution is -2.33. The number of allylic oxidation sites excluding steroid dienone is 1. The van der Waals surface area contributed by atoms with Gasteiger partial charge in [-0.15, -0.1) is 6.58 Å². The van der Waals surface area contributed by atoms with Crippen molar-refractivity contribution in [2.24, 2.45) is 0 Å². The molecule has 0 aromatic rings. The number of nitrogens with one attached hydrogen (secondary N) is 1. The fraction of sp³-hybridized carbons (Fsp3) is 0.750. The smallest absolute Gasteiger partial charge is 0.235 e. The van der Waals surface area contributed by atoms with Gasteiger partial charge in [-0.05, 0) is 19.3 Å². The molecule has 0 aliphatic heterocycles. The Morgan fingerprint density at radius 3 is 2.25 bits per heavy atom. The van der Waals surface area contributed by atoms with Crippen molar-refractivity contribution in [2.75, 3.05) is 0 Å². The zero-order valence-corrected chi connectivity index (χ0v) is 9.82. The molecule has 0 aromatic carbocycles. The molecular formula is C12H23NO3. The zero-order chi connectivity index (χ0) is 12.2. The number of carbonyl (C=O) groups is 1. The molecule has 4 heteroatoms. The summed E-state index contributed by atoms with van der Waals surface area (Å²) in [5.74, 6) is -0.304. The fourth-order valence-electron chi connectivity index (χ4n) is 1.50. The maximum absolute atomic E-state index is 11.0. The van der Waals surface area contributed by atoms with E-state index in [1.807, 2.05) is 11.4 Å². The minimum absolute atomic E-state index is 0.304. The van der Waals surface area contributed by atoms with Gasteiger partial charge in [0, 0.05) is 6.42 Å². The number of rotatable bonds is 10. The van der Waals surface area contributed by atoms with Crippen molar-refractivity contribution in [3.8, 4) is 0 Å². The van der Waals surface area contributed by atoms with Crippen LogP contribution in [0.4, 0.5) is 0 Å². The minimum Gasteiger partial charge on any atom is -0.351 e. The van der Waals surface area contributed by atoms with Gasteiger partial charge in [-0.3, -0.25) is 4.79 Å². The van der Waals surface area contributed by atoms with Crippen molar-refractivity contribution in [1.82, 2.24) is 5.32 Å². The zero-order valence-electron chi connectivity index (χ0n) is 9.82. The van der Waals surface area contributed by atoms with Crippen LogP contribution in [0, 0.1) is 0 Å². The summed E-state index contributed by atoms with van der Waals surface area (Å²) in [5.41, 5.74) is 0. The van der Waals surface area contributed by atoms with Crippen LogP contribution in [0.1, 0.15) is 51.4 Å². The average molecular weight is 229 g/mol. The molecule has 0 aliphatic rings. The number of carbonyl (C=O) groups excluding carboxylic acids is 1. The van der Waals surface area contributed by atoms with E-state index < -0.39 is 6.41 Å². The summed E-state index contributed by atoms with van der Waals surface area (Å²) in [5, 5.41) is 18.9. The first-order valence-corrected chi connectivity index (χ1v) is 5.93. The van der Waals surface area contributed by atoms with Crippen LogP contribution >= 0.6 is 0 Å². The third kappa shape index (κ3) is 11.2. The van der Waals surface area contributed by atoms with E-state index in [4.69, 9.17) is 10.2 Å². The van der Waals surface area contributed by atoms with E-state index in [2.05, 4.69) is 6.58 Å². The van der Waals surface area contributed by atoms with E-state index in [0.717, 1.165) is 25.7 Å². The van der Waals surface area contributed by atoms with E-state index in [-0.39, 0.29) is 5.91 Å². The summed E-state index contributed by atoms with van der Waals surface area (Å²) in [4.78, 5) is 11.0.